The summed E-state index contributed by atoms with van der Waals surface area (Å²) in [5.74, 6) is -0.514. The first-order valence-electron chi connectivity index (χ1n) is 6.09. The van der Waals surface area contributed by atoms with E-state index >= 15 is 0 Å². The van der Waals surface area contributed by atoms with Gasteiger partial charge in [0.1, 0.15) is 5.75 Å². The molecule has 0 aliphatic heterocycles. The van der Waals surface area contributed by atoms with E-state index in [9.17, 15) is 4.79 Å². The van der Waals surface area contributed by atoms with Gasteiger partial charge in [-0.05, 0) is 46.6 Å². The molecule has 6 heteroatoms. The molecule has 0 amide bonds. The summed E-state index contributed by atoms with van der Waals surface area (Å²) in [7, 11) is 0. The van der Waals surface area contributed by atoms with Gasteiger partial charge in [-0.25, -0.2) is 4.79 Å². The second kappa shape index (κ2) is 6.69. The Bertz CT molecular complexity index is 702. The standard InChI is InChI=1S/C15H11BrCl2O3/c1-2-21-14-7-12(17)9(6-13(14)18)8-3-4-11(16)10(5-8)15(19)20/h3-7H,2H2,1H3,(H,19,20). The summed E-state index contributed by atoms with van der Waals surface area (Å²) in [5.41, 5.74) is 1.49. The van der Waals surface area contributed by atoms with Gasteiger partial charge in [0.25, 0.3) is 0 Å². The number of benzene rings is 2. The Morgan fingerprint density at radius 1 is 1.24 bits per heavy atom. The Balaban J connectivity index is 2.54. The molecule has 0 heterocycles. The van der Waals surface area contributed by atoms with Crippen LogP contribution in [0.5, 0.6) is 5.75 Å². The first-order valence-corrected chi connectivity index (χ1v) is 7.64. The summed E-state index contributed by atoms with van der Waals surface area (Å²) in [5, 5.41) is 10.0. The maximum Gasteiger partial charge on any atom is 0.336 e. The topological polar surface area (TPSA) is 46.5 Å². The number of carboxylic acid groups (broad SMARTS) is 1. The molecule has 0 aliphatic carbocycles. The largest absolute Gasteiger partial charge is 0.492 e. The van der Waals surface area contributed by atoms with E-state index in [2.05, 4.69) is 15.9 Å². The zero-order valence-corrected chi connectivity index (χ0v) is 14.1. The SMILES string of the molecule is CCOc1cc(Cl)c(-c2ccc(Br)c(C(=O)O)c2)cc1Cl. The van der Waals surface area contributed by atoms with Gasteiger partial charge < -0.3 is 9.84 Å². The van der Waals surface area contributed by atoms with Crippen LogP contribution in [0.25, 0.3) is 11.1 Å². The van der Waals surface area contributed by atoms with E-state index in [1.807, 2.05) is 6.92 Å². The minimum atomic E-state index is -1.02. The Morgan fingerprint density at radius 3 is 2.57 bits per heavy atom. The number of hydrogen-bond donors (Lipinski definition) is 1. The Labute approximate surface area is 140 Å². The minimum Gasteiger partial charge on any atom is -0.492 e. The molecule has 0 radical (unpaired) electrons. The average molecular weight is 390 g/mol. The van der Waals surface area contributed by atoms with Crippen molar-refractivity contribution in [1.82, 2.24) is 0 Å². The number of rotatable bonds is 4. The third-order valence-electron chi connectivity index (χ3n) is 2.83. The molecule has 2 aromatic carbocycles. The van der Waals surface area contributed by atoms with Crippen molar-refractivity contribution in [2.45, 2.75) is 6.92 Å². The lowest BCUT2D eigenvalue weighted by Gasteiger charge is -2.11. The first kappa shape index (κ1) is 16.1. The highest BCUT2D eigenvalue weighted by atomic mass is 79.9. The molecule has 2 rings (SSSR count). The maximum atomic E-state index is 11.2. The first-order chi connectivity index (χ1) is 9.93. The van der Waals surface area contributed by atoms with Gasteiger partial charge in [-0.3, -0.25) is 0 Å². The fourth-order valence-electron chi connectivity index (χ4n) is 1.87. The molecule has 0 bridgehead atoms. The minimum absolute atomic E-state index is 0.161. The number of aromatic carboxylic acids is 1. The Hall–Kier alpha value is -1.23. The van der Waals surface area contributed by atoms with E-state index in [1.54, 1.807) is 30.3 Å². The van der Waals surface area contributed by atoms with Gasteiger partial charge in [-0.1, -0.05) is 29.3 Å². The molecule has 110 valence electrons. The highest BCUT2D eigenvalue weighted by Crippen LogP contribution is 2.37. The van der Waals surface area contributed by atoms with E-state index in [-0.39, 0.29) is 5.56 Å². The number of carbonyl (C=O) groups is 1. The van der Waals surface area contributed by atoms with Crippen LogP contribution in [0.3, 0.4) is 0 Å². The lowest BCUT2D eigenvalue weighted by Crippen LogP contribution is -1.98. The second-order valence-electron chi connectivity index (χ2n) is 4.20. The van der Waals surface area contributed by atoms with Crippen LogP contribution >= 0.6 is 39.1 Å². The molecule has 21 heavy (non-hydrogen) atoms. The van der Waals surface area contributed by atoms with Gasteiger partial charge >= 0.3 is 5.97 Å². The second-order valence-corrected chi connectivity index (χ2v) is 5.86. The van der Waals surface area contributed by atoms with Crippen molar-refractivity contribution >= 4 is 45.1 Å². The molecule has 0 spiro atoms. The number of hydrogen-bond acceptors (Lipinski definition) is 2. The van der Waals surface area contributed by atoms with Gasteiger partial charge in [-0.2, -0.15) is 0 Å². The van der Waals surface area contributed by atoms with Crippen molar-refractivity contribution in [1.29, 1.82) is 0 Å². The van der Waals surface area contributed by atoms with Crippen molar-refractivity contribution < 1.29 is 14.6 Å². The molecular formula is C15H11BrCl2O3. The molecule has 0 unspecified atom stereocenters. The molecule has 0 fully saturated rings. The maximum absolute atomic E-state index is 11.2. The third kappa shape index (κ3) is 3.51. The van der Waals surface area contributed by atoms with E-state index in [4.69, 9.17) is 33.0 Å². The quantitative estimate of drug-likeness (QED) is 0.748. The van der Waals surface area contributed by atoms with Gasteiger partial charge in [0.15, 0.2) is 0 Å². The van der Waals surface area contributed by atoms with Crippen LogP contribution in [0, 0.1) is 0 Å². The van der Waals surface area contributed by atoms with E-state index in [0.717, 1.165) is 0 Å². The molecule has 0 saturated carbocycles. The van der Waals surface area contributed by atoms with Crippen molar-refractivity contribution in [3.8, 4) is 16.9 Å². The van der Waals surface area contributed by atoms with Crippen molar-refractivity contribution in [2.75, 3.05) is 6.61 Å². The predicted molar refractivity (Wildman–Crippen MR) is 87.7 cm³/mol. The normalized spacial score (nSPS) is 10.5. The molecule has 1 N–H and O–H groups in total. The zero-order chi connectivity index (χ0) is 15.6. The van der Waals surface area contributed by atoms with Crippen molar-refractivity contribution in [2.24, 2.45) is 0 Å². The summed E-state index contributed by atoms with van der Waals surface area (Å²) >= 11 is 15.6. The molecule has 0 aliphatic rings. The summed E-state index contributed by atoms with van der Waals surface area (Å²) in [4.78, 5) is 11.2. The summed E-state index contributed by atoms with van der Waals surface area (Å²) in [6, 6.07) is 8.28. The van der Waals surface area contributed by atoms with E-state index < -0.39 is 5.97 Å². The van der Waals surface area contributed by atoms with Crippen LogP contribution in [-0.4, -0.2) is 17.7 Å². The van der Waals surface area contributed by atoms with Crippen LogP contribution in [0.4, 0.5) is 0 Å². The summed E-state index contributed by atoms with van der Waals surface area (Å²) in [6.45, 7) is 2.34. The van der Waals surface area contributed by atoms with E-state index in [0.29, 0.717) is 38.0 Å². The lowest BCUT2D eigenvalue weighted by molar-refractivity contribution is 0.0696. The van der Waals surface area contributed by atoms with Crippen molar-refractivity contribution in [3.05, 3.63) is 50.4 Å². The van der Waals surface area contributed by atoms with Gasteiger partial charge in [0.05, 0.1) is 22.2 Å². The van der Waals surface area contributed by atoms with Gasteiger partial charge in [0.2, 0.25) is 0 Å². The van der Waals surface area contributed by atoms with Crippen LogP contribution in [0.15, 0.2) is 34.8 Å². The van der Waals surface area contributed by atoms with Gasteiger partial charge in [0, 0.05) is 16.1 Å². The molecule has 0 atom stereocenters. The van der Waals surface area contributed by atoms with Crippen LogP contribution in [0.2, 0.25) is 10.0 Å². The third-order valence-corrected chi connectivity index (χ3v) is 4.13. The van der Waals surface area contributed by atoms with E-state index in [1.165, 1.54) is 0 Å². The highest BCUT2D eigenvalue weighted by Gasteiger charge is 2.14. The monoisotopic (exact) mass is 388 g/mol. The predicted octanol–water partition coefficient (Wildman–Crippen LogP) is 5.52. The molecule has 0 saturated heterocycles. The van der Waals surface area contributed by atoms with Crippen LogP contribution in [-0.2, 0) is 0 Å². The Kier molecular flexibility index (Phi) is 5.14. The molecule has 3 nitrogen and oxygen atoms in total. The molecule has 2 aromatic rings. The fourth-order valence-corrected chi connectivity index (χ4v) is 2.77. The highest BCUT2D eigenvalue weighted by molar-refractivity contribution is 9.10. The van der Waals surface area contributed by atoms with Gasteiger partial charge in [-0.15, -0.1) is 0 Å². The number of carboxylic acids is 1. The number of halogens is 3. The van der Waals surface area contributed by atoms with Crippen LogP contribution in [0.1, 0.15) is 17.3 Å². The number of ether oxygens (including phenoxy) is 1. The summed E-state index contributed by atoms with van der Waals surface area (Å²) < 4.78 is 5.88. The zero-order valence-electron chi connectivity index (χ0n) is 11.0. The fraction of sp³-hybridized carbons (Fsp3) is 0.133. The lowest BCUT2D eigenvalue weighted by atomic mass is 10.0. The smallest absolute Gasteiger partial charge is 0.336 e. The molecule has 0 aromatic heterocycles. The van der Waals surface area contributed by atoms with Crippen molar-refractivity contribution in [3.63, 3.8) is 0 Å². The van der Waals surface area contributed by atoms with Crippen LogP contribution < -0.4 is 4.74 Å². The Morgan fingerprint density at radius 2 is 1.95 bits per heavy atom. The average Bonchev–Trinajstić information content (AvgIpc) is 2.43. The molecular weight excluding hydrogens is 379 g/mol. The summed E-state index contributed by atoms with van der Waals surface area (Å²) in [6.07, 6.45) is 0.